The summed E-state index contributed by atoms with van der Waals surface area (Å²) in [6.07, 6.45) is 0.801. The summed E-state index contributed by atoms with van der Waals surface area (Å²) in [5.74, 6) is -2.11. The van der Waals surface area contributed by atoms with Crippen LogP contribution >= 0.6 is 0 Å². The number of nitrogens with zero attached hydrogens (tertiary/aromatic N) is 1. The van der Waals surface area contributed by atoms with E-state index in [1.54, 1.807) is 24.3 Å². The summed E-state index contributed by atoms with van der Waals surface area (Å²) in [6.45, 7) is 0.290. The second kappa shape index (κ2) is 13.6. The highest BCUT2D eigenvalue weighted by Crippen LogP contribution is 2.13. The number of carboxylic acid groups (broad SMARTS) is 1. The molecule has 0 saturated carbocycles. The molecule has 1 rings (SSSR count). The summed E-state index contributed by atoms with van der Waals surface area (Å²) in [7, 11) is 1.52. The number of aliphatic carboxylic acids is 1. The Bertz CT molecular complexity index is 809. The molecular formula is C20H30N6O6. The maximum atomic E-state index is 12.8. The van der Waals surface area contributed by atoms with Crippen LogP contribution < -0.4 is 32.6 Å². The van der Waals surface area contributed by atoms with Crippen molar-refractivity contribution in [3.63, 3.8) is 0 Å². The number of aldehydes is 1. The number of guanidine groups is 1. The molecule has 0 fully saturated rings. The molecule has 3 atom stereocenters. The Labute approximate surface area is 185 Å². The minimum Gasteiger partial charge on any atom is -0.497 e. The van der Waals surface area contributed by atoms with Crippen LogP contribution in [0.5, 0.6) is 5.75 Å². The molecule has 0 radical (unpaired) electrons. The van der Waals surface area contributed by atoms with E-state index in [4.69, 9.17) is 27.0 Å². The number of carbonyl (C=O) groups is 4. The van der Waals surface area contributed by atoms with Crippen LogP contribution in [0.15, 0.2) is 29.3 Å². The van der Waals surface area contributed by atoms with Crippen molar-refractivity contribution in [2.45, 2.75) is 43.8 Å². The average molecular weight is 450 g/mol. The molecule has 32 heavy (non-hydrogen) atoms. The molecule has 12 heteroatoms. The van der Waals surface area contributed by atoms with Gasteiger partial charge in [-0.05, 0) is 30.5 Å². The van der Waals surface area contributed by atoms with Crippen LogP contribution in [0.2, 0.25) is 0 Å². The Morgan fingerprint density at radius 2 is 1.81 bits per heavy atom. The van der Waals surface area contributed by atoms with Gasteiger partial charge in [0.05, 0.1) is 25.6 Å². The van der Waals surface area contributed by atoms with E-state index < -0.39 is 42.3 Å². The van der Waals surface area contributed by atoms with Gasteiger partial charge in [-0.1, -0.05) is 12.1 Å². The summed E-state index contributed by atoms with van der Waals surface area (Å²) in [5.41, 5.74) is 16.8. The predicted molar refractivity (Wildman–Crippen MR) is 117 cm³/mol. The topological polar surface area (TPSA) is 212 Å². The third-order valence-corrected chi connectivity index (χ3v) is 4.42. The highest BCUT2D eigenvalue weighted by Gasteiger charge is 2.26. The Balaban J connectivity index is 2.89. The first-order valence-corrected chi connectivity index (χ1v) is 9.88. The molecule has 0 bridgehead atoms. The molecular weight excluding hydrogens is 420 g/mol. The normalized spacial score (nSPS) is 13.2. The van der Waals surface area contributed by atoms with Crippen LogP contribution in [0.4, 0.5) is 0 Å². The Morgan fingerprint density at radius 1 is 1.16 bits per heavy atom. The molecule has 0 spiro atoms. The van der Waals surface area contributed by atoms with E-state index in [0.717, 1.165) is 0 Å². The molecule has 0 heterocycles. The van der Waals surface area contributed by atoms with Gasteiger partial charge in [0.2, 0.25) is 11.8 Å². The molecule has 0 aromatic heterocycles. The Hall–Kier alpha value is -3.67. The molecule has 0 unspecified atom stereocenters. The number of benzene rings is 1. The van der Waals surface area contributed by atoms with Crippen LogP contribution in [0, 0.1) is 0 Å². The van der Waals surface area contributed by atoms with E-state index in [1.165, 1.54) is 7.11 Å². The molecule has 2 amide bonds. The zero-order chi connectivity index (χ0) is 24.1. The monoisotopic (exact) mass is 450 g/mol. The third-order valence-electron chi connectivity index (χ3n) is 4.42. The minimum absolute atomic E-state index is 0.0725. The quantitative estimate of drug-likeness (QED) is 0.0820. The lowest BCUT2D eigenvalue weighted by Crippen LogP contribution is -2.54. The van der Waals surface area contributed by atoms with Crippen LogP contribution in [0.1, 0.15) is 24.8 Å². The number of hydrogen-bond acceptors (Lipinski definition) is 7. The maximum absolute atomic E-state index is 12.8. The molecule has 9 N–H and O–H groups in total. The van der Waals surface area contributed by atoms with Crippen molar-refractivity contribution in [1.29, 1.82) is 0 Å². The fraction of sp³-hybridized carbons (Fsp3) is 0.450. The Morgan fingerprint density at radius 3 is 2.34 bits per heavy atom. The second-order valence-corrected chi connectivity index (χ2v) is 7.02. The zero-order valence-corrected chi connectivity index (χ0v) is 17.8. The van der Waals surface area contributed by atoms with Crippen molar-refractivity contribution in [2.75, 3.05) is 13.7 Å². The lowest BCUT2D eigenvalue weighted by atomic mass is 10.0. The number of carboxylic acids is 1. The SMILES string of the molecule is COc1ccc(C[C@H](NC(=O)[C@@H](N)CC(=O)O)C(=O)N[C@H](C=O)CCCN=C(N)N)cc1. The van der Waals surface area contributed by atoms with Crippen molar-refractivity contribution in [2.24, 2.45) is 22.2 Å². The smallest absolute Gasteiger partial charge is 0.305 e. The summed E-state index contributed by atoms with van der Waals surface area (Å²) in [6, 6.07) is 3.58. The lowest BCUT2D eigenvalue weighted by Gasteiger charge is -2.22. The number of nitrogens with one attached hydrogen (secondary N) is 2. The first-order chi connectivity index (χ1) is 15.2. The highest BCUT2D eigenvalue weighted by molar-refractivity contribution is 5.92. The van der Waals surface area contributed by atoms with Gasteiger partial charge in [0.25, 0.3) is 0 Å². The number of rotatable bonds is 14. The van der Waals surface area contributed by atoms with E-state index in [-0.39, 0.29) is 18.8 Å². The van der Waals surface area contributed by atoms with E-state index in [9.17, 15) is 19.2 Å². The average Bonchev–Trinajstić information content (AvgIpc) is 2.74. The van der Waals surface area contributed by atoms with Crippen molar-refractivity contribution in [3.05, 3.63) is 29.8 Å². The highest BCUT2D eigenvalue weighted by atomic mass is 16.5. The van der Waals surface area contributed by atoms with Crippen molar-refractivity contribution in [1.82, 2.24) is 10.6 Å². The fourth-order valence-electron chi connectivity index (χ4n) is 2.74. The van der Waals surface area contributed by atoms with Gasteiger partial charge in [-0.2, -0.15) is 0 Å². The number of carbonyl (C=O) groups excluding carboxylic acids is 3. The standard InChI is InChI=1S/C20H30N6O6/c1-32-14-6-4-12(5-7-14)9-16(26-18(30)15(21)10-17(28)29)19(31)25-13(11-27)3-2-8-24-20(22)23/h4-7,11,13,15-16H,2-3,8-10,21H2,1H3,(H,25,31)(H,26,30)(H,28,29)(H4,22,23,24)/t13-,15-,16-/m0/s1. The predicted octanol–water partition coefficient (Wildman–Crippen LogP) is -1.74. The number of hydrogen-bond donors (Lipinski definition) is 6. The first-order valence-electron chi connectivity index (χ1n) is 9.88. The number of nitrogens with two attached hydrogens (primary N) is 3. The molecule has 0 aliphatic rings. The van der Waals surface area contributed by atoms with Gasteiger partial charge in [-0.3, -0.25) is 19.4 Å². The Kier molecular flexibility index (Phi) is 11.2. The van der Waals surface area contributed by atoms with Crippen LogP contribution in [-0.2, 0) is 25.6 Å². The maximum Gasteiger partial charge on any atom is 0.305 e. The van der Waals surface area contributed by atoms with Gasteiger partial charge >= 0.3 is 5.97 Å². The van der Waals surface area contributed by atoms with Crippen LogP contribution in [-0.4, -0.2) is 66.9 Å². The summed E-state index contributed by atoms with van der Waals surface area (Å²) in [4.78, 5) is 51.2. The van der Waals surface area contributed by atoms with Gasteiger partial charge in [0.15, 0.2) is 5.96 Å². The van der Waals surface area contributed by atoms with Gasteiger partial charge in [0.1, 0.15) is 18.1 Å². The second-order valence-electron chi connectivity index (χ2n) is 7.02. The molecule has 176 valence electrons. The van der Waals surface area contributed by atoms with E-state index in [2.05, 4.69) is 15.6 Å². The van der Waals surface area contributed by atoms with Gasteiger partial charge < -0.3 is 42.5 Å². The van der Waals surface area contributed by atoms with Gasteiger partial charge in [-0.15, -0.1) is 0 Å². The minimum atomic E-state index is -1.33. The fourth-order valence-corrected chi connectivity index (χ4v) is 2.74. The first kappa shape index (κ1) is 26.4. The van der Waals surface area contributed by atoms with E-state index >= 15 is 0 Å². The number of methoxy groups -OCH3 is 1. The summed E-state index contributed by atoms with van der Waals surface area (Å²) >= 11 is 0. The molecule has 1 aromatic carbocycles. The molecule has 12 nitrogen and oxygen atoms in total. The lowest BCUT2D eigenvalue weighted by molar-refractivity contribution is -0.139. The zero-order valence-electron chi connectivity index (χ0n) is 17.8. The van der Waals surface area contributed by atoms with Crippen LogP contribution in [0.3, 0.4) is 0 Å². The molecule has 0 aliphatic carbocycles. The van der Waals surface area contributed by atoms with Gasteiger partial charge in [-0.25, -0.2) is 0 Å². The van der Waals surface area contributed by atoms with Crippen molar-refractivity contribution >= 4 is 30.0 Å². The molecule has 0 saturated heterocycles. The third kappa shape index (κ3) is 9.89. The largest absolute Gasteiger partial charge is 0.497 e. The summed E-state index contributed by atoms with van der Waals surface area (Å²) in [5, 5.41) is 13.9. The summed E-state index contributed by atoms with van der Waals surface area (Å²) < 4.78 is 5.10. The van der Waals surface area contributed by atoms with Crippen molar-refractivity contribution < 1.29 is 29.0 Å². The molecule has 0 aliphatic heterocycles. The van der Waals surface area contributed by atoms with Crippen LogP contribution in [0.25, 0.3) is 0 Å². The van der Waals surface area contributed by atoms with Crippen molar-refractivity contribution in [3.8, 4) is 5.75 Å². The number of aliphatic imine (C=N–C) groups is 1. The number of amides is 2. The molecule has 1 aromatic rings. The van der Waals surface area contributed by atoms with E-state index in [1.807, 2.05) is 0 Å². The number of ether oxygens (including phenoxy) is 1. The van der Waals surface area contributed by atoms with E-state index in [0.29, 0.717) is 30.6 Å². The van der Waals surface area contributed by atoms with Gasteiger partial charge in [0, 0.05) is 13.0 Å².